The van der Waals surface area contributed by atoms with Crippen LogP contribution in [-0.2, 0) is 16.3 Å². The fourth-order valence-corrected chi connectivity index (χ4v) is 7.33. The molecule has 158 valence electrons. The molecule has 0 aliphatic carbocycles. The van der Waals surface area contributed by atoms with Gasteiger partial charge in [-0.05, 0) is 49.6 Å². The van der Waals surface area contributed by atoms with Crippen LogP contribution in [0.25, 0.3) is 0 Å². The van der Waals surface area contributed by atoms with Gasteiger partial charge in [-0.25, -0.2) is 8.42 Å². The number of nitrogens with one attached hydrogen (secondary N) is 2. The number of benzene rings is 2. The van der Waals surface area contributed by atoms with E-state index in [4.69, 9.17) is 0 Å². The minimum Gasteiger partial charge on any atom is -0.350 e. The molecule has 30 heavy (non-hydrogen) atoms. The predicted molar refractivity (Wildman–Crippen MR) is 123 cm³/mol. The van der Waals surface area contributed by atoms with E-state index in [1.165, 1.54) is 17.3 Å². The van der Waals surface area contributed by atoms with Gasteiger partial charge in [0.1, 0.15) is 0 Å². The van der Waals surface area contributed by atoms with E-state index in [1.807, 2.05) is 37.3 Å². The highest BCUT2D eigenvalue weighted by Gasteiger charge is 2.42. The average Bonchev–Trinajstić information content (AvgIpc) is 3.20. The largest absolute Gasteiger partial charge is 0.350 e. The van der Waals surface area contributed by atoms with E-state index in [-0.39, 0.29) is 34.7 Å². The van der Waals surface area contributed by atoms with Crippen molar-refractivity contribution < 1.29 is 13.2 Å². The van der Waals surface area contributed by atoms with E-state index in [9.17, 15) is 13.2 Å². The summed E-state index contributed by atoms with van der Waals surface area (Å²) in [6, 6.07) is 17.4. The first-order valence-corrected chi connectivity index (χ1v) is 12.7. The summed E-state index contributed by atoms with van der Waals surface area (Å²) in [6.07, 6.45) is 1.80. The Balaban J connectivity index is 1.27. The number of aryl methyl sites for hydroxylation is 1. The summed E-state index contributed by atoms with van der Waals surface area (Å²) in [5, 5.41) is 7.03. The highest BCUT2D eigenvalue weighted by atomic mass is 32.2. The van der Waals surface area contributed by atoms with Gasteiger partial charge in [-0.3, -0.25) is 9.79 Å². The zero-order chi connectivity index (χ0) is 21.1. The molecule has 2 aliphatic rings. The van der Waals surface area contributed by atoms with Crippen LogP contribution in [0.2, 0.25) is 0 Å². The Labute approximate surface area is 181 Å². The molecule has 0 aromatic heterocycles. The lowest BCUT2D eigenvalue weighted by molar-refractivity contribution is 0.0938. The van der Waals surface area contributed by atoms with Crippen molar-refractivity contribution in [3.05, 3.63) is 65.7 Å². The maximum absolute atomic E-state index is 12.5. The van der Waals surface area contributed by atoms with E-state index in [1.54, 1.807) is 12.1 Å². The summed E-state index contributed by atoms with van der Waals surface area (Å²) in [7, 11) is -2.95. The Bertz CT molecular complexity index is 1040. The fourth-order valence-electron chi connectivity index (χ4n) is 3.65. The van der Waals surface area contributed by atoms with Gasteiger partial charge in [0.25, 0.3) is 5.91 Å². The number of carbonyl (C=O) groups excluding carboxylic acids is 1. The van der Waals surface area contributed by atoms with Crippen LogP contribution in [-0.4, -0.2) is 48.3 Å². The molecule has 1 amide bonds. The molecular formula is C22H25N3O3S2. The van der Waals surface area contributed by atoms with Crippen LogP contribution in [0.15, 0.2) is 59.6 Å². The number of hydrogen-bond donors (Lipinski definition) is 2. The van der Waals surface area contributed by atoms with Crippen molar-refractivity contribution in [2.24, 2.45) is 4.99 Å². The van der Waals surface area contributed by atoms with Crippen molar-refractivity contribution in [2.75, 3.05) is 16.8 Å². The average molecular weight is 444 g/mol. The molecule has 1 fully saturated rings. The first-order valence-electron chi connectivity index (χ1n) is 10.0. The van der Waals surface area contributed by atoms with E-state index < -0.39 is 9.84 Å². The number of aliphatic imine (C=N–C) groups is 1. The SMILES string of the molecule is C[C@H](CCc1ccccc1)NC(=O)c1ccc(NC2=N[C@@H]3CS(=O)(=O)C[C@@H]3S2)cc1. The number of rotatable bonds is 6. The smallest absolute Gasteiger partial charge is 0.251 e. The van der Waals surface area contributed by atoms with Crippen molar-refractivity contribution in [3.63, 3.8) is 0 Å². The van der Waals surface area contributed by atoms with Crippen LogP contribution < -0.4 is 10.6 Å². The molecule has 4 rings (SSSR count). The van der Waals surface area contributed by atoms with Crippen LogP contribution >= 0.6 is 11.8 Å². The van der Waals surface area contributed by atoms with Crippen molar-refractivity contribution in [1.29, 1.82) is 0 Å². The van der Waals surface area contributed by atoms with Gasteiger partial charge in [-0.2, -0.15) is 0 Å². The molecule has 2 aromatic carbocycles. The van der Waals surface area contributed by atoms with Gasteiger partial charge < -0.3 is 10.6 Å². The number of amides is 1. The zero-order valence-electron chi connectivity index (χ0n) is 16.7. The minimum absolute atomic E-state index is 0.0138. The minimum atomic E-state index is -2.95. The summed E-state index contributed by atoms with van der Waals surface area (Å²) in [5.41, 5.74) is 2.71. The molecule has 2 N–H and O–H groups in total. The predicted octanol–water partition coefficient (Wildman–Crippen LogP) is 3.12. The molecule has 0 radical (unpaired) electrons. The Morgan fingerprint density at radius 1 is 1.13 bits per heavy atom. The zero-order valence-corrected chi connectivity index (χ0v) is 18.4. The second-order valence-corrected chi connectivity index (χ2v) is 11.2. The van der Waals surface area contributed by atoms with Crippen molar-refractivity contribution in [2.45, 2.75) is 37.1 Å². The monoisotopic (exact) mass is 443 g/mol. The molecule has 1 saturated heterocycles. The van der Waals surface area contributed by atoms with Crippen molar-refractivity contribution in [3.8, 4) is 0 Å². The summed E-state index contributed by atoms with van der Waals surface area (Å²) < 4.78 is 23.3. The topological polar surface area (TPSA) is 87.6 Å². The second kappa shape index (κ2) is 8.81. The molecule has 2 aliphatic heterocycles. The van der Waals surface area contributed by atoms with Gasteiger partial charge in [0.2, 0.25) is 0 Å². The van der Waals surface area contributed by atoms with Crippen LogP contribution in [0.5, 0.6) is 0 Å². The molecule has 8 heteroatoms. The highest BCUT2D eigenvalue weighted by Crippen LogP contribution is 2.34. The van der Waals surface area contributed by atoms with Gasteiger partial charge in [0.15, 0.2) is 15.0 Å². The standard InChI is InChI=1S/C22H25N3O3S2/c1-15(7-8-16-5-3-2-4-6-16)23-21(26)17-9-11-18(12-10-17)24-22-25-19-13-30(27,28)14-20(19)29-22/h2-6,9-12,15,19-20H,7-8,13-14H2,1H3,(H,23,26)(H,24,25)/t15-,19-,20+/m1/s1. The lowest BCUT2D eigenvalue weighted by atomic mass is 10.1. The quantitative estimate of drug-likeness (QED) is 0.716. The number of hydrogen-bond acceptors (Lipinski definition) is 6. The molecule has 0 saturated carbocycles. The van der Waals surface area contributed by atoms with E-state index in [0.29, 0.717) is 5.56 Å². The molecule has 0 unspecified atom stereocenters. The Morgan fingerprint density at radius 3 is 2.57 bits per heavy atom. The fraction of sp³-hybridized carbons (Fsp3) is 0.364. The summed E-state index contributed by atoms with van der Waals surface area (Å²) in [4.78, 5) is 17.0. The van der Waals surface area contributed by atoms with E-state index in [2.05, 4.69) is 27.8 Å². The van der Waals surface area contributed by atoms with Crippen LogP contribution in [0, 0.1) is 0 Å². The lowest BCUT2D eigenvalue weighted by Gasteiger charge is -2.14. The summed E-state index contributed by atoms with van der Waals surface area (Å²) >= 11 is 1.48. The summed E-state index contributed by atoms with van der Waals surface area (Å²) in [5.74, 6) is 0.241. The van der Waals surface area contributed by atoms with Crippen molar-refractivity contribution in [1.82, 2.24) is 5.32 Å². The van der Waals surface area contributed by atoms with Crippen LogP contribution in [0.3, 0.4) is 0 Å². The van der Waals surface area contributed by atoms with Gasteiger partial charge in [0, 0.05) is 22.5 Å². The van der Waals surface area contributed by atoms with Gasteiger partial charge >= 0.3 is 0 Å². The number of fused-ring (bicyclic) bond motifs is 1. The molecule has 2 heterocycles. The summed E-state index contributed by atoms with van der Waals surface area (Å²) in [6.45, 7) is 2.02. The Hall–Kier alpha value is -2.32. The first kappa shape index (κ1) is 20.9. The van der Waals surface area contributed by atoms with E-state index >= 15 is 0 Å². The maximum atomic E-state index is 12.5. The third-order valence-electron chi connectivity index (χ3n) is 5.30. The molecular weight excluding hydrogens is 418 g/mol. The number of nitrogens with zero attached hydrogens (tertiary/aromatic N) is 1. The molecule has 2 aromatic rings. The number of thioether (sulfide) groups is 1. The van der Waals surface area contributed by atoms with Gasteiger partial charge in [0.05, 0.1) is 17.5 Å². The molecule has 0 bridgehead atoms. The van der Waals surface area contributed by atoms with Crippen LogP contribution in [0.1, 0.15) is 29.3 Å². The lowest BCUT2D eigenvalue weighted by Crippen LogP contribution is -2.32. The first-order chi connectivity index (χ1) is 14.4. The van der Waals surface area contributed by atoms with Gasteiger partial charge in [-0.15, -0.1) is 0 Å². The van der Waals surface area contributed by atoms with Gasteiger partial charge in [-0.1, -0.05) is 42.1 Å². The maximum Gasteiger partial charge on any atom is 0.251 e. The van der Waals surface area contributed by atoms with E-state index in [0.717, 1.165) is 23.7 Å². The molecule has 6 nitrogen and oxygen atoms in total. The second-order valence-electron chi connectivity index (χ2n) is 7.84. The third kappa shape index (κ3) is 5.23. The molecule has 0 spiro atoms. The number of amidine groups is 1. The number of anilines is 1. The van der Waals surface area contributed by atoms with Crippen molar-refractivity contribution >= 4 is 38.4 Å². The normalized spacial score (nSPS) is 22.8. The van der Waals surface area contributed by atoms with Crippen LogP contribution in [0.4, 0.5) is 5.69 Å². The molecule has 3 atom stereocenters. The number of sulfone groups is 1. The number of carbonyl (C=O) groups is 1. The third-order valence-corrected chi connectivity index (χ3v) is 8.44. The highest BCUT2D eigenvalue weighted by molar-refractivity contribution is 8.15. The Morgan fingerprint density at radius 2 is 1.87 bits per heavy atom. The Kier molecular flexibility index (Phi) is 6.15.